The Morgan fingerprint density at radius 2 is 2.12 bits per heavy atom. The van der Waals surface area contributed by atoms with Crippen LogP contribution >= 0.6 is 11.6 Å². The number of aryl methyl sites for hydroxylation is 1. The molecule has 17 heavy (non-hydrogen) atoms. The zero-order valence-electron chi connectivity index (χ0n) is 9.52. The van der Waals surface area contributed by atoms with Crippen LogP contribution in [0.2, 0.25) is 5.15 Å². The van der Waals surface area contributed by atoms with Crippen molar-refractivity contribution in [2.75, 3.05) is 5.32 Å². The van der Waals surface area contributed by atoms with Crippen LogP contribution in [0.1, 0.15) is 18.2 Å². The third-order valence-electron chi connectivity index (χ3n) is 2.43. The van der Waals surface area contributed by atoms with E-state index in [2.05, 4.69) is 33.5 Å². The summed E-state index contributed by atoms with van der Waals surface area (Å²) in [6, 6.07) is 7.53. The molecule has 0 saturated carbocycles. The van der Waals surface area contributed by atoms with Crippen LogP contribution in [-0.2, 0) is 13.0 Å². The number of nitrogens with zero attached hydrogens (tertiary/aromatic N) is 3. The van der Waals surface area contributed by atoms with Crippen LogP contribution in [0.4, 0.5) is 5.82 Å². The largest absolute Gasteiger partial charge is 0.363 e. The van der Waals surface area contributed by atoms with Gasteiger partial charge in [-0.2, -0.15) is 0 Å². The third kappa shape index (κ3) is 3.14. The second kappa shape index (κ2) is 5.59. The Morgan fingerprint density at radius 3 is 2.82 bits per heavy atom. The maximum Gasteiger partial charge on any atom is 0.151 e. The average Bonchev–Trinajstić information content (AvgIpc) is 2.38. The summed E-state index contributed by atoms with van der Waals surface area (Å²) in [5.74, 6) is 0.696. The van der Waals surface area contributed by atoms with Crippen molar-refractivity contribution in [2.45, 2.75) is 19.9 Å². The minimum Gasteiger partial charge on any atom is -0.363 e. The van der Waals surface area contributed by atoms with E-state index in [-0.39, 0.29) is 0 Å². The van der Waals surface area contributed by atoms with Gasteiger partial charge in [0, 0.05) is 6.20 Å². The number of anilines is 1. The highest BCUT2D eigenvalue weighted by atomic mass is 35.5. The normalized spacial score (nSPS) is 10.2. The Kier molecular flexibility index (Phi) is 3.88. The molecule has 2 rings (SSSR count). The van der Waals surface area contributed by atoms with Crippen LogP contribution in [0.3, 0.4) is 0 Å². The summed E-state index contributed by atoms with van der Waals surface area (Å²) in [6.45, 7) is 2.75. The lowest BCUT2D eigenvalue weighted by atomic mass is 10.1. The highest BCUT2D eigenvalue weighted by Gasteiger charge is 2.02. The molecule has 0 atom stereocenters. The third-order valence-corrected chi connectivity index (χ3v) is 2.64. The molecule has 88 valence electrons. The van der Waals surface area contributed by atoms with Gasteiger partial charge in [-0.3, -0.25) is 4.98 Å². The van der Waals surface area contributed by atoms with E-state index in [0.717, 1.165) is 12.1 Å². The molecule has 0 unspecified atom stereocenters. The molecular formula is C12H13ClN4. The fraction of sp³-hybridized carbons (Fsp3) is 0.250. The Balaban J connectivity index is 2.04. The van der Waals surface area contributed by atoms with Gasteiger partial charge < -0.3 is 5.32 Å². The number of halogens is 1. The van der Waals surface area contributed by atoms with Crippen molar-refractivity contribution in [3.05, 3.63) is 46.9 Å². The zero-order chi connectivity index (χ0) is 12.1. The Hall–Kier alpha value is -1.68. The predicted octanol–water partition coefficient (Wildman–Crippen LogP) is 2.70. The molecule has 0 fully saturated rings. The summed E-state index contributed by atoms with van der Waals surface area (Å²) in [5.41, 5.74) is 2.27. The second-order valence-electron chi connectivity index (χ2n) is 3.56. The molecule has 0 bridgehead atoms. The van der Waals surface area contributed by atoms with E-state index in [9.17, 15) is 0 Å². The van der Waals surface area contributed by atoms with Gasteiger partial charge >= 0.3 is 0 Å². The highest BCUT2D eigenvalue weighted by molar-refractivity contribution is 6.29. The summed E-state index contributed by atoms with van der Waals surface area (Å²) >= 11 is 5.66. The molecule has 4 nitrogen and oxygen atoms in total. The van der Waals surface area contributed by atoms with Gasteiger partial charge in [-0.05, 0) is 30.2 Å². The molecular weight excluding hydrogens is 236 g/mol. The predicted molar refractivity (Wildman–Crippen MR) is 68.0 cm³/mol. The minimum absolute atomic E-state index is 0.391. The first kappa shape index (κ1) is 11.8. The number of pyridine rings is 1. The molecule has 1 N–H and O–H groups in total. The van der Waals surface area contributed by atoms with Gasteiger partial charge in [0.25, 0.3) is 0 Å². The topological polar surface area (TPSA) is 50.7 Å². The molecule has 0 radical (unpaired) electrons. The van der Waals surface area contributed by atoms with Crippen molar-refractivity contribution >= 4 is 17.4 Å². The fourth-order valence-electron chi connectivity index (χ4n) is 1.54. The summed E-state index contributed by atoms with van der Waals surface area (Å²) < 4.78 is 0. The van der Waals surface area contributed by atoms with Crippen LogP contribution in [-0.4, -0.2) is 15.2 Å². The van der Waals surface area contributed by atoms with Crippen LogP contribution < -0.4 is 5.32 Å². The first-order chi connectivity index (χ1) is 8.29. The van der Waals surface area contributed by atoms with Crippen LogP contribution in [0.5, 0.6) is 0 Å². The first-order valence-corrected chi connectivity index (χ1v) is 5.83. The fourth-order valence-corrected chi connectivity index (χ4v) is 1.64. The van der Waals surface area contributed by atoms with Crippen LogP contribution in [0.15, 0.2) is 30.5 Å². The summed E-state index contributed by atoms with van der Waals surface area (Å²) in [7, 11) is 0. The monoisotopic (exact) mass is 248 g/mol. The smallest absolute Gasteiger partial charge is 0.151 e. The zero-order valence-corrected chi connectivity index (χ0v) is 10.3. The number of rotatable bonds is 4. The van der Waals surface area contributed by atoms with E-state index in [1.165, 1.54) is 5.56 Å². The lowest BCUT2D eigenvalue weighted by molar-refractivity contribution is 0.945. The highest BCUT2D eigenvalue weighted by Crippen LogP contribution is 2.10. The van der Waals surface area contributed by atoms with Gasteiger partial charge in [0.15, 0.2) is 5.15 Å². The van der Waals surface area contributed by atoms with Gasteiger partial charge in [0.2, 0.25) is 0 Å². The molecule has 2 aromatic heterocycles. The van der Waals surface area contributed by atoms with E-state index in [4.69, 9.17) is 11.6 Å². The van der Waals surface area contributed by atoms with E-state index < -0.39 is 0 Å². The molecule has 0 aliphatic heterocycles. The van der Waals surface area contributed by atoms with Crippen molar-refractivity contribution in [1.82, 2.24) is 15.2 Å². The van der Waals surface area contributed by atoms with Crippen molar-refractivity contribution in [1.29, 1.82) is 0 Å². The Morgan fingerprint density at radius 1 is 1.24 bits per heavy atom. The van der Waals surface area contributed by atoms with Crippen LogP contribution in [0, 0.1) is 0 Å². The van der Waals surface area contributed by atoms with E-state index in [1.54, 1.807) is 18.3 Å². The van der Waals surface area contributed by atoms with E-state index in [1.807, 2.05) is 6.07 Å². The lowest BCUT2D eigenvalue weighted by Crippen LogP contribution is -2.06. The number of aromatic nitrogens is 3. The molecule has 5 heteroatoms. The van der Waals surface area contributed by atoms with Gasteiger partial charge in [0.05, 0.1) is 12.2 Å². The van der Waals surface area contributed by atoms with Crippen molar-refractivity contribution < 1.29 is 0 Å². The quantitative estimate of drug-likeness (QED) is 0.904. The summed E-state index contributed by atoms with van der Waals surface area (Å²) in [4.78, 5) is 4.35. The molecule has 2 aromatic rings. The maximum absolute atomic E-state index is 5.66. The molecule has 0 aliphatic rings. The summed E-state index contributed by atoms with van der Waals surface area (Å²) in [6.07, 6.45) is 2.76. The molecule has 0 spiro atoms. The molecule has 0 aliphatic carbocycles. The van der Waals surface area contributed by atoms with Crippen molar-refractivity contribution in [3.63, 3.8) is 0 Å². The number of hydrogen-bond donors (Lipinski definition) is 1. The first-order valence-electron chi connectivity index (χ1n) is 5.45. The number of hydrogen-bond acceptors (Lipinski definition) is 4. The SMILES string of the molecule is CCc1cccnc1CNc1ccc(Cl)nn1. The van der Waals surface area contributed by atoms with Crippen molar-refractivity contribution in [3.8, 4) is 0 Å². The number of nitrogens with one attached hydrogen (secondary N) is 1. The van der Waals surface area contributed by atoms with Crippen molar-refractivity contribution in [2.24, 2.45) is 0 Å². The molecule has 0 aromatic carbocycles. The second-order valence-corrected chi connectivity index (χ2v) is 3.94. The minimum atomic E-state index is 0.391. The molecule has 0 amide bonds. The van der Waals surface area contributed by atoms with Gasteiger partial charge in [-0.15, -0.1) is 10.2 Å². The maximum atomic E-state index is 5.66. The van der Waals surface area contributed by atoms with E-state index >= 15 is 0 Å². The standard InChI is InChI=1S/C12H13ClN4/c1-2-9-4-3-7-14-10(9)8-15-12-6-5-11(13)16-17-12/h3-7H,2,8H2,1H3,(H,15,17). The van der Waals surface area contributed by atoms with Gasteiger partial charge in [-0.1, -0.05) is 24.6 Å². The molecule has 2 heterocycles. The van der Waals surface area contributed by atoms with Gasteiger partial charge in [-0.25, -0.2) is 0 Å². The lowest BCUT2D eigenvalue weighted by Gasteiger charge is -2.07. The Bertz CT molecular complexity index is 484. The summed E-state index contributed by atoms with van der Waals surface area (Å²) in [5, 5.41) is 11.3. The molecule has 0 saturated heterocycles. The average molecular weight is 249 g/mol. The Labute approximate surface area is 105 Å². The van der Waals surface area contributed by atoms with E-state index in [0.29, 0.717) is 17.5 Å². The van der Waals surface area contributed by atoms with Gasteiger partial charge in [0.1, 0.15) is 5.82 Å². The van der Waals surface area contributed by atoms with Crippen LogP contribution in [0.25, 0.3) is 0 Å².